The number of carbonyl (C=O) groups is 1. The van der Waals surface area contributed by atoms with Gasteiger partial charge in [0.2, 0.25) is 0 Å². The van der Waals surface area contributed by atoms with Crippen molar-refractivity contribution in [2.75, 3.05) is 12.3 Å². The molecule has 0 aromatic heterocycles. The largest absolute Gasteiger partial charge is 0.399 e. The van der Waals surface area contributed by atoms with E-state index in [0.29, 0.717) is 23.7 Å². The molecule has 0 unspecified atom stereocenters. The van der Waals surface area contributed by atoms with Gasteiger partial charge >= 0.3 is 0 Å². The minimum absolute atomic E-state index is 0.0411. The first-order chi connectivity index (χ1) is 10.0. The van der Waals surface area contributed by atoms with Crippen molar-refractivity contribution in [3.63, 3.8) is 0 Å². The van der Waals surface area contributed by atoms with Gasteiger partial charge in [-0.15, -0.1) is 0 Å². The van der Waals surface area contributed by atoms with Crippen LogP contribution in [0.4, 0.5) is 5.69 Å². The van der Waals surface area contributed by atoms with Crippen molar-refractivity contribution in [1.82, 2.24) is 4.90 Å². The Morgan fingerprint density at radius 3 is 2.76 bits per heavy atom. The lowest BCUT2D eigenvalue weighted by atomic mass is 9.98. The fraction of sp³-hybridized carbons (Fsp3) is 0.188. The summed E-state index contributed by atoms with van der Waals surface area (Å²) < 4.78 is 0.862. The first-order valence-corrected chi connectivity index (χ1v) is 7.83. The number of fused-ring (bicyclic) bond motifs is 1. The third-order valence-corrected chi connectivity index (χ3v) is 4.50. The van der Waals surface area contributed by atoms with Crippen LogP contribution in [0.3, 0.4) is 0 Å². The van der Waals surface area contributed by atoms with E-state index in [2.05, 4.69) is 15.9 Å². The van der Waals surface area contributed by atoms with E-state index in [1.165, 1.54) is 5.56 Å². The highest BCUT2D eigenvalue weighted by molar-refractivity contribution is 9.10. The predicted octanol–water partition coefficient (Wildman–Crippen LogP) is 3.88. The van der Waals surface area contributed by atoms with Crippen LogP contribution in [0.5, 0.6) is 0 Å². The van der Waals surface area contributed by atoms with Crippen molar-refractivity contribution in [3.8, 4) is 0 Å². The molecule has 2 aromatic carbocycles. The molecule has 1 aliphatic rings. The fourth-order valence-electron chi connectivity index (χ4n) is 2.58. The highest BCUT2D eigenvalue weighted by Gasteiger charge is 2.23. The van der Waals surface area contributed by atoms with E-state index < -0.39 is 0 Å². The number of nitrogen functional groups attached to an aromatic ring is 1. The van der Waals surface area contributed by atoms with Crippen LogP contribution in [0.25, 0.3) is 0 Å². The maximum absolute atomic E-state index is 12.6. The molecule has 0 spiro atoms. The number of benzene rings is 2. The number of rotatable bonds is 1. The van der Waals surface area contributed by atoms with Gasteiger partial charge in [-0.25, -0.2) is 0 Å². The van der Waals surface area contributed by atoms with Crippen molar-refractivity contribution < 1.29 is 4.79 Å². The van der Waals surface area contributed by atoms with E-state index in [9.17, 15) is 4.79 Å². The summed E-state index contributed by atoms with van der Waals surface area (Å²) in [6, 6.07) is 11.2. The van der Waals surface area contributed by atoms with Gasteiger partial charge in [0.15, 0.2) is 0 Å². The number of nitrogens with two attached hydrogens (primary N) is 1. The summed E-state index contributed by atoms with van der Waals surface area (Å²) in [6.45, 7) is 1.27. The van der Waals surface area contributed by atoms with Crippen LogP contribution in [0, 0.1) is 0 Å². The van der Waals surface area contributed by atoms with Gasteiger partial charge in [-0.1, -0.05) is 33.6 Å². The van der Waals surface area contributed by atoms with Crippen molar-refractivity contribution in [1.29, 1.82) is 0 Å². The van der Waals surface area contributed by atoms with E-state index in [-0.39, 0.29) is 5.91 Å². The van der Waals surface area contributed by atoms with E-state index >= 15 is 0 Å². The van der Waals surface area contributed by atoms with Gasteiger partial charge in [0.05, 0.1) is 10.6 Å². The fourth-order valence-corrected chi connectivity index (χ4v) is 3.34. The Bertz CT molecular complexity index is 717. The molecule has 108 valence electrons. The molecule has 0 atom stereocenters. The molecule has 2 N–H and O–H groups in total. The molecule has 0 saturated heterocycles. The zero-order chi connectivity index (χ0) is 15.0. The van der Waals surface area contributed by atoms with Crippen LogP contribution in [-0.2, 0) is 13.0 Å². The zero-order valence-corrected chi connectivity index (χ0v) is 13.6. The Kier molecular flexibility index (Phi) is 3.91. The third-order valence-electron chi connectivity index (χ3n) is 3.69. The molecule has 0 saturated carbocycles. The SMILES string of the molecule is Nc1ccc2c(c1)CN(C(=O)c1ccc(Br)cc1Cl)CC2. The Labute approximate surface area is 136 Å². The smallest absolute Gasteiger partial charge is 0.255 e. The molecular weight excluding hydrogens is 352 g/mol. The second kappa shape index (κ2) is 5.70. The molecule has 1 aliphatic heterocycles. The average Bonchev–Trinajstić information content (AvgIpc) is 2.46. The average molecular weight is 366 g/mol. The molecule has 1 heterocycles. The third kappa shape index (κ3) is 2.92. The number of carbonyl (C=O) groups excluding carboxylic acids is 1. The molecule has 0 radical (unpaired) electrons. The maximum atomic E-state index is 12.6. The molecule has 2 aromatic rings. The minimum atomic E-state index is -0.0411. The van der Waals surface area contributed by atoms with Gasteiger partial charge in [-0.05, 0) is 47.9 Å². The van der Waals surface area contributed by atoms with E-state index in [1.54, 1.807) is 12.1 Å². The quantitative estimate of drug-likeness (QED) is 0.780. The number of amides is 1. The molecular formula is C16H14BrClN2O. The second-order valence-corrected chi connectivity index (χ2v) is 6.45. The van der Waals surface area contributed by atoms with Crippen LogP contribution in [0.1, 0.15) is 21.5 Å². The predicted molar refractivity (Wildman–Crippen MR) is 88.5 cm³/mol. The minimum Gasteiger partial charge on any atom is -0.399 e. The van der Waals surface area contributed by atoms with Crippen LogP contribution in [0.2, 0.25) is 5.02 Å². The van der Waals surface area contributed by atoms with Gasteiger partial charge in [0, 0.05) is 23.2 Å². The maximum Gasteiger partial charge on any atom is 0.255 e. The van der Waals surface area contributed by atoms with Crippen molar-refractivity contribution in [2.24, 2.45) is 0 Å². The van der Waals surface area contributed by atoms with Crippen molar-refractivity contribution in [2.45, 2.75) is 13.0 Å². The zero-order valence-electron chi connectivity index (χ0n) is 11.3. The van der Waals surface area contributed by atoms with Crippen LogP contribution < -0.4 is 5.73 Å². The lowest BCUT2D eigenvalue weighted by Gasteiger charge is -2.29. The lowest BCUT2D eigenvalue weighted by molar-refractivity contribution is 0.0735. The molecule has 3 rings (SSSR count). The highest BCUT2D eigenvalue weighted by Crippen LogP contribution is 2.26. The highest BCUT2D eigenvalue weighted by atomic mass is 79.9. The Balaban J connectivity index is 1.87. The van der Waals surface area contributed by atoms with Crippen LogP contribution in [-0.4, -0.2) is 17.4 Å². The Morgan fingerprint density at radius 2 is 2.00 bits per heavy atom. The summed E-state index contributed by atoms with van der Waals surface area (Å²) in [5.74, 6) is -0.0411. The van der Waals surface area contributed by atoms with Crippen molar-refractivity contribution in [3.05, 3.63) is 62.6 Å². The van der Waals surface area contributed by atoms with Crippen LogP contribution >= 0.6 is 27.5 Å². The normalized spacial score (nSPS) is 13.9. The summed E-state index contributed by atoms with van der Waals surface area (Å²) in [5.41, 5.74) is 9.46. The summed E-state index contributed by atoms with van der Waals surface area (Å²) in [5, 5.41) is 0.466. The summed E-state index contributed by atoms with van der Waals surface area (Å²) in [7, 11) is 0. The standard InChI is InChI=1S/C16H14BrClN2O/c17-12-2-4-14(15(18)8-12)16(21)20-6-5-10-1-3-13(19)7-11(10)9-20/h1-4,7-8H,5-6,9,19H2. The molecule has 5 heteroatoms. The molecule has 0 bridgehead atoms. The summed E-state index contributed by atoms with van der Waals surface area (Å²) in [4.78, 5) is 14.4. The van der Waals surface area contributed by atoms with Gasteiger partial charge < -0.3 is 10.6 Å². The number of halogens is 2. The summed E-state index contributed by atoms with van der Waals surface area (Å²) in [6.07, 6.45) is 0.843. The Hall–Kier alpha value is -1.52. The van der Waals surface area contributed by atoms with Gasteiger partial charge in [-0.3, -0.25) is 4.79 Å². The van der Waals surface area contributed by atoms with Crippen molar-refractivity contribution >= 4 is 39.1 Å². The molecule has 21 heavy (non-hydrogen) atoms. The Morgan fingerprint density at radius 1 is 1.19 bits per heavy atom. The van der Waals surface area contributed by atoms with Gasteiger partial charge in [-0.2, -0.15) is 0 Å². The monoisotopic (exact) mass is 364 g/mol. The number of nitrogens with zero attached hydrogens (tertiary/aromatic N) is 1. The lowest BCUT2D eigenvalue weighted by Crippen LogP contribution is -2.36. The van der Waals surface area contributed by atoms with Crippen LogP contribution in [0.15, 0.2) is 40.9 Å². The topological polar surface area (TPSA) is 46.3 Å². The number of hydrogen-bond acceptors (Lipinski definition) is 2. The first-order valence-electron chi connectivity index (χ1n) is 6.66. The molecule has 1 amide bonds. The van der Waals surface area contributed by atoms with E-state index in [1.807, 2.05) is 29.2 Å². The molecule has 0 fully saturated rings. The molecule has 3 nitrogen and oxygen atoms in total. The first kappa shape index (κ1) is 14.4. The molecule has 0 aliphatic carbocycles. The number of anilines is 1. The van der Waals surface area contributed by atoms with E-state index in [4.69, 9.17) is 17.3 Å². The summed E-state index contributed by atoms with van der Waals surface area (Å²) >= 11 is 9.52. The van der Waals surface area contributed by atoms with Gasteiger partial charge in [0.25, 0.3) is 5.91 Å². The number of hydrogen-bond donors (Lipinski definition) is 1. The van der Waals surface area contributed by atoms with E-state index in [0.717, 1.165) is 22.1 Å². The second-order valence-electron chi connectivity index (χ2n) is 5.13. The van der Waals surface area contributed by atoms with Gasteiger partial charge in [0.1, 0.15) is 0 Å².